The quantitative estimate of drug-likeness (QED) is 0.318. The molecule has 35 heavy (non-hydrogen) atoms. The van der Waals surface area contributed by atoms with Crippen LogP contribution in [0.5, 0.6) is 17.4 Å². The number of pyridine rings is 1. The summed E-state index contributed by atoms with van der Waals surface area (Å²) in [4.78, 5) is 9.48. The molecule has 5 heteroatoms. The van der Waals surface area contributed by atoms with Crippen LogP contribution in [0.15, 0.2) is 108 Å². The van der Waals surface area contributed by atoms with Gasteiger partial charge in [0.15, 0.2) is 6.10 Å². The third-order valence-electron chi connectivity index (χ3n) is 6.60. The number of aliphatic imine (C=N–C) groups is 1. The molecule has 4 aromatic carbocycles. The zero-order chi connectivity index (χ0) is 23.4. The molecule has 0 saturated carbocycles. The van der Waals surface area contributed by atoms with Crippen molar-refractivity contribution in [1.29, 1.82) is 0 Å². The van der Waals surface area contributed by atoms with Crippen molar-refractivity contribution in [2.45, 2.75) is 12.1 Å². The molecule has 0 amide bonds. The summed E-state index contributed by atoms with van der Waals surface area (Å²) < 4.78 is 12.5. The molecule has 1 aliphatic heterocycles. The topological polar surface area (TPSA) is 63.9 Å². The number of hydrogen-bond donors (Lipinski definition) is 1. The first-order valence-corrected chi connectivity index (χ1v) is 11.5. The lowest BCUT2D eigenvalue weighted by Gasteiger charge is -2.28. The van der Waals surface area contributed by atoms with Gasteiger partial charge >= 0.3 is 0 Å². The van der Waals surface area contributed by atoms with Crippen molar-refractivity contribution in [3.63, 3.8) is 0 Å². The van der Waals surface area contributed by atoms with E-state index >= 15 is 0 Å². The van der Waals surface area contributed by atoms with E-state index in [-0.39, 0.29) is 17.9 Å². The second-order valence-electron chi connectivity index (χ2n) is 8.72. The second kappa shape index (κ2) is 7.71. The highest BCUT2D eigenvalue weighted by atomic mass is 16.5. The van der Waals surface area contributed by atoms with Crippen molar-refractivity contribution in [3.05, 3.63) is 120 Å². The molecule has 2 atom stereocenters. The highest BCUT2D eigenvalue weighted by Crippen LogP contribution is 2.51. The number of rotatable bonds is 3. The molecule has 1 aromatic heterocycles. The molecule has 168 valence electrons. The second-order valence-corrected chi connectivity index (χ2v) is 8.72. The Morgan fingerprint density at radius 3 is 2.40 bits per heavy atom. The average molecular weight is 457 g/mol. The third kappa shape index (κ3) is 3.24. The van der Waals surface area contributed by atoms with Crippen LogP contribution >= 0.6 is 0 Å². The number of phenols is 1. The Balaban J connectivity index is 1.23. The molecule has 5 nitrogen and oxygen atoms in total. The van der Waals surface area contributed by atoms with Crippen LogP contribution in [0.25, 0.3) is 22.0 Å². The zero-order valence-corrected chi connectivity index (χ0v) is 18.6. The number of fused-ring (bicyclic) bond motifs is 7. The van der Waals surface area contributed by atoms with Crippen LogP contribution in [0, 0.1) is 0 Å². The van der Waals surface area contributed by atoms with E-state index in [0.717, 1.165) is 16.5 Å². The van der Waals surface area contributed by atoms with Gasteiger partial charge < -0.3 is 14.6 Å². The summed E-state index contributed by atoms with van der Waals surface area (Å²) in [5.41, 5.74) is 6.09. The molecule has 0 fully saturated rings. The molecule has 7 rings (SSSR count). The highest BCUT2D eigenvalue weighted by Gasteiger charge is 2.40. The van der Waals surface area contributed by atoms with Crippen molar-refractivity contribution in [1.82, 2.24) is 4.98 Å². The lowest BCUT2D eigenvalue weighted by atomic mass is 9.81. The Morgan fingerprint density at radius 1 is 0.743 bits per heavy atom. The fraction of sp³-hybridized carbons (Fsp3) is 0.0667. The van der Waals surface area contributed by atoms with Gasteiger partial charge in [-0.05, 0) is 47.0 Å². The predicted octanol–water partition coefficient (Wildman–Crippen LogP) is 6.97. The molecular formula is C30H20N2O3. The van der Waals surface area contributed by atoms with Crippen molar-refractivity contribution < 1.29 is 14.6 Å². The lowest BCUT2D eigenvalue weighted by molar-refractivity contribution is 0.195. The number of phenolic OH excluding ortho intramolecular Hbond substituents is 1. The molecule has 2 heterocycles. The van der Waals surface area contributed by atoms with Gasteiger partial charge in [-0.2, -0.15) is 0 Å². The Morgan fingerprint density at radius 2 is 1.51 bits per heavy atom. The number of ether oxygens (including phenoxy) is 2. The fourth-order valence-electron chi connectivity index (χ4n) is 4.99. The summed E-state index contributed by atoms with van der Waals surface area (Å²) in [6.45, 7) is 0. The summed E-state index contributed by atoms with van der Waals surface area (Å²) in [6, 6.07) is 33.4. The van der Waals surface area contributed by atoms with Crippen molar-refractivity contribution in [2.24, 2.45) is 4.99 Å². The van der Waals surface area contributed by atoms with Gasteiger partial charge in [0.25, 0.3) is 0 Å². The van der Waals surface area contributed by atoms with Gasteiger partial charge in [0.2, 0.25) is 11.8 Å². The van der Waals surface area contributed by atoms with Gasteiger partial charge in [-0.15, -0.1) is 0 Å². The maximum absolute atomic E-state index is 10.1. The summed E-state index contributed by atoms with van der Waals surface area (Å²) >= 11 is 0. The zero-order valence-electron chi connectivity index (χ0n) is 18.6. The van der Waals surface area contributed by atoms with Gasteiger partial charge in [-0.25, -0.2) is 9.98 Å². The van der Waals surface area contributed by atoms with Crippen LogP contribution in [0.2, 0.25) is 0 Å². The number of para-hydroxylation sites is 1. The molecular weight excluding hydrogens is 436 g/mol. The van der Waals surface area contributed by atoms with Crippen molar-refractivity contribution in [3.8, 4) is 28.5 Å². The molecule has 0 unspecified atom stereocenters. The minimum atomic E-state index is -0.161. The summed E-state index contributed by atoms with van der Waals surface area (Å²) in [6.07, 6.45) is -0.161. The van der Waals surface area contributed by atoms with Gasteiger partial charge in [0.1, 0.15) is 23.1 Å². The van der Waals surface area contributed by atoms with Crippen molar-refractivity contribution in [2.75, 3.05) is 0 Å². The van der Waals surface area contributed by atoms with Gasteiger partial charge in [0, 0.05) is 22.6 Å². The van der Waals surface area contributed by atoms with Crippen LogP contribution in [0.3, 0.4) is 0 Å². The monoisotopic (exact) mass is 456 g/mol. The highest BCUT2D eigenvalue weighted by molar-refractivity contribution is 5.96. The van der Waals surface area contributed by atoms with Crippen LogP contribution in [-0.2, 0) is 4.74 Å². The van der Waals surface area contributed by atoms with E-state index in [1.54, 1.807) is 18.2 Å². The Bertz CT molecular complexity index is 1640. The number of aromatic nitrogens is 1. The third-order valence-corrected chi connectivity index (χ3v) is 6.60. The molecule has 0 bridgehead atoms. The first-order chi connectivity index (χ1) is 17.2. The maximum atomic E-state index is 10.1. The Labute approximate surface area is 202 Å². The van der Waals surface area contributed by atoms with Gasteiger partial charge in [-0.3, -0.25) is 0 Å². The molecule has 2 aliphatic rings. The molecule has 0 spiro atoms. The normalized spacial score (nSPS) is 17.7. The van der Waals surface area contributed by atoms with E-state index < -0.39 is 0 Å². The minimum absolute atomic E-state index is 0.0918. The van der Waals surface area contributed by atoms with Crippen LogP contribution in [0.4, 0.5) is 0 Å². The first kappa shape index (κ1) is 19.8. The molecule has 0 saturated heterocycles. The largest absolute Gasteiger partial charge is 0.506 e. The summed E-state index contributed by atoms with van der Waals surface area (Å²) in [7, 11) is 0. The fourth-order valence-corrected chi connectivity index (χ4v) is 4.99. The Kier molecular flexibility index (Phi) is 4.36. The first-order valence-electron chi connectivity index (χ1n) is 11.5. The molecule has 1 N–H and O–H groups in total. The van der Waals surface area contributed by atoms with Crippen LogP contribution in [0.1, 0.15) is 28.8 Å². The van der Waals surface area contributed by atoms with Crippen LogP contribution in [-0.4, -0.2) is 16.0 Å². The van der Waals surface area contributed by atoms with E-state index in [2.05, 4.69) is 47.4 Å². The van der Waals surface area contributed by atoms with E-state index in [4.69, 9.17) is 14.5 Å². The molecule has 1 aliphatic carbocycles. The number of benzene rings is 4. The van der Waals surface area contributed by atoms with Crippen molar-refractivity contribution >= 4 is 16.8 Å². The molecule has 0 radical (unpaired) electrons. The SMILES string of the molecule is Oc1cccc2ccc(Oc3cccc(C4=N[C@H]5c6ccccc6-c6ccccc6[C@@H]5O4)c3)nc12. The van der Waals surface area contributed by atoms with Gasteiger partial charge in [0.05, 0.1) is 0 Å². The average Bonchev–Trinajstić information content (AvgIpc) is 3.36. The lowest BCUT2D eigenvalue weighted by Crippen LogP contribution is -2.15. The standard InChI is InChI=1S/C30H20N2O3/c33-25-14-6-7-18-15-16-26(31-27(18)25)34-20-9-5-8-19(17-20)30-32-28-23-12-3-1-10-21(23)22-11-2-4-13-24(22)29(28)35-30/h1-17,28-29,33H/t28-,29-/m0/s1. The Hall–Kier alpha value is -4.64. The summed E-state index contributed by atoms with van der Waals surface area (Å²) in [5, 5.41) is 11.0. The number of hydrogen-bond acceptors (Lipinski definition) is 5. The number of aromatic hydroxyl groups is 1. The van der Waals surface area contributed by atoms with E-state index in [1.807, 2.05) is 42.5 Å². The smallest absolute Gasteiger partial charge is 0.219 e. The van der Waals surface area contributed by atoms with Gasteiger partial charge in [-0.1, -0.05) is 66.7 Å². The summed E-state index contributed by atoms with van der Waals surface area (Å²) in [5.74, 6) is 1.74. The van der Waals surface area contributed by atoms with E-state index in [0.29, 0.717) is 23.0 Å². The molecule has 5 aromatic rings. The van der Waals surface area contributed by atoms with Crippen LogP contribution < -0.4 is 4.74 Å². The minimum Gasteiger partial charge on any atom is -0.506 e. The predicted molar refractivity (Wildman–Crippen MR) is 135 cm³/mol. The number of nitrogens with zero attached hydrogens (tertiary/aromatic N) is 2. The maximum Gasteiger partial charge on any atom is 0.219 e. The van der Waals surface area contributed by atoms with E-state index in [9.17, 15) is 5.11 Å². The van der Waals surface area contributed by atoms with E-state index in [1.165, 1.54) is 16.7 Å².